The van der Waals surface area contributed by atoms with Crippen LogP contribution < -0.4 is 0 Å². The lowest BCUT2D eigenvalue weighted by atomic mass is 10.5. The third-order valence-corrected chi connectivity index (χ3v) is 1.17. The zero-order valence-corrected chi connectivity index (χ0v) is 7.56. The van der Waals surface area contributed by atoms with Gasteiger partial charge in [-0.2, -0.15) is 0 Å². The molecule has 0 spiro atoms. The van der Waals surface area contributed by atoms with Gasteiger partial charge < -0.3 is 9.47 Å². The van der Waals surface area contributed by atoms with Crippen LogP contribution in [0.1, 0.15) is 26.7 Å². The van der Waals surface area contributed by atoms with E-state index < -0.39 is 12.7 Å². The van der Waals surface area contributed by atoms with Gasteiger partial charge in [-0.05, 0) is 12.8 Å². The highest BCUT2D eigenvalue weighted by atomic mass is 19.2. The second kappa shape index (κ2) is 7.43. The van der Waals surface area contributed by atoms with Gasteiger partial charge in [-0.25, -0.2) is 8.78 Å². The van der Waals surface area contributed by atoms with E-state index in [1.54, 1.807) is 0 Å². The van der Waals surface area contributed by atoms with Gasteiger partial charge in [0.05, 0.1) is 0 Å². The number of ether oxygens (including phenoxy) is 2. The Labute approximate surface area is 71.9 Å². The van der Waals surface area contributed by atoms with E-state index in [2.05, 4.69) is 9.47 Å². The lowest BCUT2D eigenvalue weighted by Crippen LogP contribution is -2.24. The smallest absolute Gasteiger partial charge is 0.255 e. The summed E-state index contributed by atoms with van der Waals surface area (Å²) in [4.78, 5) is 0. The van der Waals surface area contributed by atoms with E-state index in [0.29, 0.717) is 12.8 Å². The first kappa shape index (κ1) is 11.8. The molecule has 4 heteroatoms. The molecule has 0 aliphatic carbocycles. The van der Waals surface area contributed by atoms with Gasteiger partial charge in [0.25, 0.3) is 12.7 Å². The van der Waals surface area contributed by atoms with Crippen molar-refractivity contribution >= 4 is 0 Å². The van der Waals surface area contributed by atoms with Crippen LogP contribution in [0.5, 0.6) is 0 Å². The summed E-state index contributed by atoms with van der Waals surface area (Å²) in [5, 5.41) is 0. The van der Waals surface area contributed by atoms with E-state index in [-0.39, 0.29) is 13.2 Å². The lowest BCUT2D eigenvalue weighted by molar-refractivity contribution is -0.186. The van der Waals surface area contributed by atoms with Gasteiger partial charge >= 0.3 is 0 Å². The molecule has 0 N–H and O–H groups in total. The molecule has 2 unspecified atom stereocenters. The van der Waals surface area contributed by atoms with Gasteiger partial charge in [0.1, 0.15) is 0 Å². The van der Waals surface area contributed by atoms with Crippen molar-refractivity contribution in [3.63, 3.8) is 0 Å². The Bertz CT molecular complexity index is 89.1. The molecule has 0 aliphatic rings. The van der Waals surface area contributed by atoms with E-state index in [1.807, 2.05) is 13.8 Å². The van der Waals surface area contributed by atoms with Crippen LogP contribution >= 0.6 is 0 Å². The molecular formula is C8H16F2O2. The maximum atomic E-state index is 12.6. The minimum atomic E-state index is -1.95. The highest BCUT2D eigenvalue weighted by Gasteiger charge is 2.20. The molecule has 0 saturated carbocycles. The van der Waals surface area contributed by atoms with Crippen LogP contribution in [0.3, 0.4) is 0 Å². The average Bonchev–Trinajstić information content (AvgIpc) is 2.10. The summed E-state index contributed by atoms with van der Waals surface area (Å²) in [6.07, 6.45) is -2.56. The van der Waals surface area contributed by atoms with E-state index in [4.69, 9.17) is 0 Å². The minimum absolute atomic E-state index is 0.219. The van der Waals surface area contributed by atoms with Crippen molar-refractivity contribution in [2.75, 3.05) is 13.2 Å². The molecule has 0 saturated heterocycles. The maximum absolute atomic E-state index is 12.6. The first-order valence-electron chi connectivity index (χ1n) is 4.23. The summed E-state index contributed by atoms with van der Waals surface area (Å²) in [5.74, 6) is 0. The van der Waals surface area contributed by atoms with E-state index >= 15 is 0 Å². The van der Waals surface area contributed by atoms with Crippen molar-refractivity contribution in [3.8, 4) is 0 Å². The topological polar surface area (TPSA) is 18.5 Å². The highest BCUT2D eigenvalue weighted by Crippen LogP contribution is 2.08. The van der Waals surface area contributed by atoms with Crippen LogP contribution in [0.15, 0.2) is 0 Å². The molecule has 74 valence electrons. The van der Waals surface area contributed by atoms with Gasteiger partial charge in [0, 0.05) is 13.2 Å². The fourth-order valence-corrected chi connectivity index (χ4v) is 0.612. The number of halogens is 2. The summed E-state index contributed by atoms with van der Waals surface area (Å²) in [7, 11) is 0. The molecule has 2 atom stereocenters. The van der Waals surface area contributed by atoms with Crippen LogP contribution in [0.4, 0.5) is 8.78 Å². The normalized spacial score (nSPS) is 16.0. The fraction of sp³-hybridized carbons (Fsp3) is 1.00. The van der Waals surface area contributed by atoms with Crippen LogP contribution in [0.25, 0.3) is 0 Å². The number of hydrogen-bond acceptors (Lipinski definition) is 2. The van der Waals surface area contributed by atoms with E-state index in [1.165, 1.54) is 0 Å². The van der Waals surface area contributed by atoms with Crippen molar-refractivity contribution in [2.24, 2.45) is 0 Å². The van der Waals surface area contributed by atoms with Crippen molar-refractivity contribution in [3.05, 3.63) is 0 Å². The van der Waals surface area contributed by atoms with Gasteiger partial charge in [0.2, 0.25) is 0 Å². The predicted molar refractivity (Wildman–Crippen MR) is 42.3 cm³/mol. The third-order valence-electron chi connectivity index (χ3n) is 1.17. The molecule has 0 radical (unpaired) electrons. The predicted octanol–water partition coefficient (Wildman–Crippen LogP) is 2.43. The van der Waals surface area contributed by atoms with Gasteiger partial charge in [-0.3, -0.25) is 0 Å². The summed E-state index contributed by atoms with van der Waals surface area (Å²) in [5.41, 5.74) is 0. The Hall–Kier alpha value is -0.220. The van der Waals surface area contributed by atoms with Crippen LogP contribution in [-0.4, -0.2) is 25.9 Å². The maximum Gasteiger partial charge on any atom is 0.255 e. The first-order chi connectivity index (χ1) is 5.72. The molecule has 0 rings (SSSR count). The average molecular weight is 182 g/mol. The summed E-state index contributed by atoms with van der Waals surface area (Å²) >= 11 is 0. The van der Waals surface area contributed by atoms with Crippen LogP contribution in [-0.2, 0) is 9.47 Å². The number of rotatable bonds is 7. The Balaban J connectivity index is 3.39. The van der Waals surface area contributed by atoms with Crippen LogP contribution in [0, 0.1) is 0 Å². The van der Waals surface area contributed by atoms with Crippen molar-refractivity contribution < 1.29 is 18.3 Å². The Kier molecular flexibility index (Phi) is 7.29. The van der Waals surface area contributed by atoms with Gasteiger partial charge in [-0.1, -0.05) is 13.8 Å². The molecule has 0 amide bonds. The van der Waals surface area contributed by atoms with Crippen LogP contribution in [0.2, 0.25) is 0 Å². The molecule has 0 aliphatic heterocycles. The fourth-order valence-electron chi connectivity index (χ4n) is 0.612. The summed E-state index contributed by atoms with van der Waals surface area (Å²) in [6, 6.07) is 0. The Morgan fingerprint density at radius 2 is 1.25 bits per heavy atom. The molecule has 0 fully saturated rings. The SMILES string of the molecule is CCCOC(F)C(F)OCCC. The quantitative estimate of drug-likeness (QED) is 0.602. The molecule has 0 aromatic heterocycles. The second-order valence-corrected chi connectivity index (χ2v) is 2.44. The molecular weight excluding hydrogens is 166 g/mol. The van der Waals surface area contributed by atoms with E-state index in [0.717, 1.165) is 0 Å². The zero-order valence-electron chi connectivity index (χ0n) is 7.56. The molecule has 0 aromatic rings. The largest absolute Gasteiger partial charge is 0.344 e. The minimum Gasteiger partial charge on any atom is -0.344 e. The molecule has 0 heterocycles. The number of hydrogen-bond donors (Lipinski definition) is 0. The van der Waals surface area contributed by atoms with E-state index in [9.17, 15) is 8.78 Å². The zero-order chi connectivity index (χ0) is 9.40. The first-order valence-corrected chi connectivity index (χ1v) is 4.23. The number of alkyl halides is 2. The highest BCUT2D eigenvalue weighted by molar-refractivity contribution is 4.46. The van der Waals surface area contributed by atoms with Crippen molar-refractivity contribution in [1.82, 2.24) is 0 Å². The lowest BCUT2D eigenvalue weighted by Gasteiger charge is -2.13. The second-order valence-electron chi connectivity index (χ2n) is 2.44. The molecule has 0 aromatic carbocycles. The van der Waals surface area contributed by atoms with Gasteiger partial charge in [-0.15, -0.1) is 0 Å². The summed E-state index contributed by atoms with van der Waals surface area (Å²) < 4.78 is 34.1. The van der Waals surface area contributed by atoms with Crippen molar-refractivity contribution in [1.29, 1.82) is 0 Å². The Morgan fingerprint density at radius 3 is 1.50 bits per heavy atom. The monoisotopic (exact) mass is 182 g/mol. The molecule has 12 heavy (non-hydrogen) atoms. The molecule has 2 nitrogen and oxygen atoms in total. The van der Waals surface area contributed by atoms with Gasteiger partial charge in [0.15, 0.2) is 0 Å². The third kappa shape index (κ3) is 5.43. The summed E-state index contributed by atoms with van der Waals surface area (Å²) in [6.45, 7) is 4.09. The molecule has 0 bridgehead atoms. The standard InChI is InChI=1S/C8H16F2O2/c1-3-5-11-7(9)8(10)12-6-4-2/h7-8H,3-6H2,1-2H3. The Morgan fingerprint density at radius 1 is 0.917 bits per heavy atom. The van der Waals surface area contributed by atoms with Crippen molar-refractivity contribution in [2.45, 2.75) is 39.4 Å².